The monoisotopic (exact) mass is 590 g/mol. The summed E-state index contributed by atoms with van der Waals surface area (Å²) in [6, 6.07) is 6.61. The molecule has 1 amide bonds. The quantitative estimate of drug-likeness (QED) is 0.416. The highest BCUT2D eigenvalue weighted by Gasteiger charge is 2.30. The van der Waals surface area contributed by atoms with E-state index in [0.29, 0.717) is 66.2 Å². The Morgan fingerprint density at radius 3 is 2.34 bits per heavy atom. The minimum Gasteiger partial charge on any atom is -0.379 e. The lowest BCUT2D eigenvalue weighted by Crippen LogP contribution is -2.49. The molecule has 8 nitrogen and oxygen atoms in total. The Morgan fingerprint density at radius 2 is 1.71 bits per heavy atom. The van der Waals surface area contributed by atoms with Crippen LogP contribution in [0.25, 0.3) is 22.5 Å². The number of halogens is 4. The summed E-state index contributed by atoms with van der Waals surface area (Å²) in [6.45, 7) is 8.53. The summed E-state index contributed by atoms with van der Waals surface area (Å²) in [4.78, 5) is 30.2. The molecule has 0 spiro atoms. The highest BCUT2D eigenvalue weighted by atomic mass is 35.5. The number of hydrogen-bond acceptors (Lipinski definition) is 7. The highest BCUT2D eigenvalue weighted by molar-refractivity contribution is 6.33. The van der Waals surface area contributed by atoms with Gasteiger partial charge in [-0.1, -0.05) is 37.6 Å². The van der Waals surface area contributed by atoms with Crippen molar-refractivity contribution >= 4 is 23.3 Å². The maximum Gasteiger partial charge on any atom is 0.416 e. The molecule has 0 radical (unpaired) electrons. The van der Waals surface area contributed by atoms with Crippen molar-refractivity contribution in [3.63, 3.8) is 0 Å². The highest BCUT2D eigenvalue weighted by Crippen LogP contribution is 2.36. The fourth-order valence-electron chi connectivity index (χ4n) is 4.80. The van der Waals surface area contributed by atoms with Crippen LogP contribution in [-0.4, -0.2) is 77.7 Å². The third kappa shape index (κ3) is 7.93. The lowest BCUT2D eigenvalue weighted by atomic mass is 10.0. The van der Waals surface area contributed by atoms with Crippen molar-refractivity contribution in [3.05, 3.63) is 59.5 Å². The summed E-state index contributed by atoms with van der Waals surface area (Å²) < 4.78 is 44.6. The molecule has 220 valence electrons. The fraction of sp³-hybridized carbons (Fsp3) is 0.448. The van der Waals surface area contributed by atoms with Crippen molar-refractivity contribution in [1.29, 1.82) is 0 Å². The van der Waals surface area contributed by atoms with Gasteiger partial charge in [0.05, 0.1) is 42.2 Å². The summed E-state index contributed by atoms with van der Waals surface area (Å²) in [6.07, 6.45) is 1.78. The van der Waals surface area contributed by atoms with Crippen LogP contribution in [0.1, 0.15) is 32.3 Å². The van der Waals surface area contributed by atoms with E-state index in [2.05, 4.69) is 25.1 Å². The van der Waals surface area contributed by atoms with E-state index in [1.807, 2.05) is 13.8 Å². The van der Waals surface area contributed by atoms with Crippen molar-refractivity contribution < 1.29 is 22.7 Å². The molecule has 0 aliphatic carbocycles. The molecule has 0 atom stereocenters. The van der Waals surface area contributed by atoms with Gasteiger partial charge in [-0.25, -0.2) is 4.98 Å². The Balaban J connectivity index is 0.00000189. The molecule has 5 rings (SSSR count). The molecule has 1 N–H and O–H groups in total. The van der Waals surface area contributed by atoms with Crippen LogP contribution in [0, 0.1) is 0 Å². The smallest absolute Gasteiger partial charge is 0.379 e. The van der Waals surface area contributed by atoms with Gasteiger partial charge in [0.1, 0.15) is 11.5 Å². The summed E-state index contributed by atoms with van der Waals surface area (Å²) in [5, 5.41) is 3.50. The van der Waals surface area contributed by atoms with Crippen LogP contribution in [0.2, 0.25) is 5.02 Å². The minimum absolute atomic E-state index is 0.0191. The molecule has 2 fully saturated rings. The number of carbonyl (C=O) groups excluding carboxylic acids is 1. The lowest BCUT2D eigenvalue weighted by Gasteiger charge is -2.34. The Labute approximate surface area is 242 Å². The Kier molecular flexibility index (Phi) is 10.5. The fourth-order valence-corrected chi connectivity index (χ4v) is 5.01. The number of alkyl halides is 3. The number of nitrogens with one attached hydrogen (secondary N) is 1. The van der Waals surface area contributed by atoms with Crippen molar-refractivity contribution in [1.82, 2.24) is 25.2 Å². The second-order valence-corrected chi connectivity index (χ2v) is 9.98. The third-order valence-electron chi connectivity index (χ3n) is 6.93. The zero-order valence-corrected chi connectivity index (χ0v) is 23.9. The van der Waals surface area contributed by atoms with Gasteiger partial charge >= 0.3 is 6.18 Å². The van der Waals surface area contributed by atoms with Gasteiger partial charge in [0, 0.05) is 55.7 Å². The predicted molar refractivity (Wildman–Crippen MR) is 153 cm³/mol. The number of aromatic nitrogens is 3. The maximum absolute atomic E-state index is 13.1. The summed E-state index contributed by atoms with van der Waals surface area (Å²) in [7, 11) is 0. The van der Waals surface area contributed by atoms with Crippen LogP contribution < -0.4 is 10.2 Å². The average molecular weight is 591 g/mol. The first kappa shape index (κ1) is 30.7. The molecule has 41 heavy (non-hydrogen) atoms. The number of amides is 1. The van der Waals surface area contributed by atoms with Gasteiger partial charge in [-0.3, -0.25) is 19.7 Å². The van der Waals surface area contributed by atoms with Gasteiger partial charge in [0.15, 0.2) is 0 Å². The van der Waals surface area contributed by atoms with E-state index >= 15 is 0 Å². The zero-order chi connectivity index (χ0) is 29.4. The van der Waals surface area contributed by atoms with Gasteiger partial charge in [-0.2, -0.15) is 13.2 Å². The molecule has 2 aliphatic heterocycles. The summed E-state index contributed by atoms with van der Waals surface area (Å²) in [5.74, 6) is 0.650. The average Bonchev–Trinajstić information content (AvgIpc) is 2.99. The molecule has 3 aromatic rings. The summed E-state index contributed by atoms with van der Waals surface area (Å²) in [5.41, 5.74) is 1.22. The number of anilines is 1. The number of hydrogen-bond donors (Lipinski definition) is 1. The number of morpholine rings is 1. The van der Waals surface area contributed by atoms with E-state index in [-0.39, 0.29) is 11.9 Å². The van der Waals surface area contributed by atoms with E-state index in [0.717, 1.165) is 38.1 Å². The first-order chi connectivity index (χ1) is 19.8. The molecule has 2 aromatic heterocycles. The van der Waals surface area contributed by atoms with Gasteiger partial charge in [-0.15, -0.1) is 0 Å². The molecule has 1 aromatic carbocycles. The van der Waals surface area contributed by atoms with Crippen LogP contribution in [0.15, 0.2) is 48.9 Å². The van der Waals surface area contributed by atoms with Crippen molar-refractivity contribution in [2.75, 3.05) is 50.8 Å². The van der Waals surface area contributed by atoms with Crippen molar-refractivity contribution in [2.45, 2.75) is 38.9 Å². The molecule has 0 saturated carbocycles. The Bertz CT molecular complexity index is 1290. The van der Waals surface area contributed by atoms with E-state index in [9.17, 15) is 18.0 Å². The van der Waals surface area contributed by atoms with E-state index in [1.165, 1.54) is 18.3 Å². The van der Waals surface area contributed by atoms with Gasteiger partial charge in [0.2, 0.25) is 5.91 Å². The summed E-state index contributed by atoms with van der Waals surface area (Å²) >= 11 is 6.44. The van der Waals surface area contributed by atoms with E-state index in [4.69, 9.17) is 21.3 Å². The standard InChI is InChI=1S/C27H28ClF3N6O2.C2H6/c28-22-15-32-8-5-21(22)26-25(18-1-3-19(4-2-18)27(29,30)31)33-16-23(35-26)37-9-6-20(7-10-37)34-24(38)17-36-11-13-39-14-12-36;1-2/h1-5,8,15-16,20H,6-7,9-14,17H2,(H,34,38);1-2H3. The molecular weight excluding hydrogens is 557 g/mol. The molecular formula is C29H34ClF3N6O2. The second-order valence-electron chi connectivity index (χ2n) is 9.57. The van der Waals surface area contributed by atoms with E-state index in [1.54, 1.807) is 18.5 Å². The van der Waals surface area contributed by atoms with Crippen LogP contribution >= 0.6 is 11.6 Å². The number of piperidine rings is 1. The van der Waals surface area contributed by atoms with Crippen LogP contribution in [-0.2, 0) is 15.7 Å². The van der Waals surface area contributed by atoms with Gasteiger partial charge < -0.3 is 15.0 Å². The van der Waals surface area contributed by atoms with Crippen molar-refractivity contribution in [3.8, 4) is 22.5 Å². The van der Waals surface area contributed by atoms with Gasteiger partial charge in [0.25, 0.3) is 0 Å². The topological polar surface area (TPSA) is 83.5 Å². The Morgan fingerprint density at radius 1 is 1.02 bits per heavy atom. The van der Waals surface area contributed by atoms with Crippen LogP contribution in [0.5, 0.6) is 0 Å². The number of ether oxygens (including phenoxy) is 1. The van der Waals surface area contributed by atoms with Crippen LogP contribution in [0.4, 0.5) is 19.0 Å². The van der Waals surface area contributed by atoms with Crippen molar-refractivity contribution in [2.24, 2.45) is 0 Å². The minimum atomic E-state index is -4.43. The Hall–Kier alpha value is -3.28. The number of benzene rings is 1. The molecule has 12 heteroatoms. The number of pyridine rings is 1. The maximum atomic E-state index is 13.1. The first-order valence-electron chi connectivity index (χ1n) is 13.8. The van der Waals surface area contributed by atoms with Gasteiger partial charge in [-0.05, 0) is 31.0 Å². The predicted octanol–water partition coefficient (Wildman–Crippen LogP) is 5.32. The largest absolute Gasteiger partial charge is 0.416 e. The third-order valence-corrected chi connectivity index (χ3v) is 7.23. The molecule has 0 bridgehead atoms. The molecule has 2 saturated heterocycles. The molecule has 2 aliphatic rings. The van der Waals surface area contributed by atoms with Crippen LogP contribution in [0.3, 0.4) is 0 Å². The normalized spacial score (nSPS) is 16.6. The number of nitrogens with zero attached hydrogens (tertiary/aromatic N) is 5. The van der Waals surface area contributed by atoms with E-state index < -0.39 is 11.7 Å². The number of carbonyl (C=O) groups is 1. The number of rotatable bonds is 6. The SMILES string of the molecule is CC.O=C(CN1CCOCC1)NC1CCN(c2cnc(-c3ccc(C(F)(F)F)cc3)c(-c3ccncc3Cl)n2)CC1. The zero-order valence-electron chi connectivity index (χ0n) is 23.1. The second kappa shape index (κ2) is 14.1. The molecule has 4 heterocycles. The lowest BCUT2D eigenvalue weighted by molar-refractivity contribution is -0.137. The molecule has 0 unspecified atom stereocenters. The first-order valence-corrected chi connectivity index (χ1v) is 14.1.